The maximum absolute atomic E-state index is 13.9. The van der Waals surface area contributed by atoms with E-state index in [1.165, 1.54) is 6.07 Å². The fourth-order valence-corrected chi connectivity index (χ4v) is 4.67. The van der Waals surface area contributed by atoms with Gasteiger partial charge in [0.1, 0.15) is 10.6 Å². The van der Waals surface area contributed by atoms with E-state index < -0.39 is 22.6 Å². The van der Waals surface area contributed by atoms with Gasteiger partial charge in [-0.15, -0.1) is 4.72 Å². The van der Waals surface area contributed by atoms with Crippen molar-refractivity contribution >= 4 is 17.0 Å². The molecule has 0 aromatic heterocycles. The van der Waals surface area contributed by atoms with Crippen LogP contribution < -0.4 is 10.5 Å². The molecule has 0 heterocycles. The molecule has 2 atom stereocenters. The normalized spacial score (nSPS) is 17.4. The lowest BCUT2D eigenvalue weighted by Crippen LogP contribution is -2.42. The second kappa shape index (κ2) is 8.35. The van der Waals surface area contributed by atoms with Crippen LogP contribution >= 0.6 is 0 Å². The molecular weight excluding hydrogens is 385 g/mol. The summed E-state index contributed by atoms with van der Waals surface area (Å²) in [6.45, 7) is 6.33. The summed E-state index contributed by atoms with van der Waals surface area (Å²) in [6.07, 6.45) is 2.78. The highest BCUT2D eigenvalue weighted by atomic mass is 32.2. The van der Waals surface area contributed by atoms with Gasteiger partial charge in [0.2, 0.25) is 0 Å². The Hall–Kier alpha value is -2.07. The van der Waals surface area contributed by atoms with Crippen LogP contribution in [0.1, 0.15) is 56.7 Å². The van der Waals surface area contributed by atoms with E-state index in [4.69, 9.17) is 5.73 Å². The predicted molar refractivity (Wildman–Crippen MR) is 116 cm³/mol. The van der Waals surface area contributed by atoms with Crippen molar-refractivity contribution in [2.45, 2.75) is 50.2 Å². The average Bonchev–Trinajstić information content (AvgIpc) is 3.52. The third-order valence-corrected chi connectivity index (χ3v) is 7.18. The van der Waals surface area contributed by atoms with Gasteiger partial charge in [-0.2, -0.15) is 5.26 Å². The maximum Gasteiger partial charge on any atom is 0.146 e. The Bertz CT molecular complexity index is 917. The summed E-state index contributed by atoms with van der Waals surface area (Å²) in [7, 11) is 0. The molecule has 29 heavy (non-hydrogen) atoms. The second-order valence-corrected chi connectivity index (χ2v) is 10.8. The summed E-state index contributed by atoms with van der Waals surface area (Å²) < 4.78 is 29.2. The molecule has 3 rings (SSSR count). The summed E-state index contributed by atoms with van der Waals surface area (Å²) in [5.74, 6) is -0.0673. The lowest BCUT2D eigenvalue weighted by Gasteiger charge is -2.36. The molecule has 0 radical (unpaired) electrons. The smallest absolute Gasteiger partial charge is 0.146 e. The Morgan fingerprint density at radius 1 is 1.21 bits per heavy atom. The molecule has 0 aliphatic heterocycles. The van der Waals surface area contributed by atoms with Crippen molar-refractivity contribution in [1.82, 2.24) is 4.72 Å². The van der Waals surface area contributed by atoms with Gasteiger partial charge >= 0.3 is 0 Å². The number of nitrogens with zero attached hydrogens (tertiary/aromatic N) is 1. The number of nitrogens with one attached hydrogen (secondary N) is 1. The molecule has 0 bridgehead atoms. The van der Waals surface area contributed by atoms with Crippen LogP contribution in [0.3, 0.4) is 0 Å². The summed E-state index contributed by atoms with van der Waals surface area (Å²) in [5.41, 5.74) is 8.18. The first kappa shape index (κ1) is 21.6. The number of nitrogen functional groups attached to an aromatic ring is 1. The van der Waals surface area contributed by atoms with E-state index >= 15 is 0 Å². The van der Waals surface area contributed by atoms with Gasteiger partial charge in [-0.3, -0.25) is 0 Å². The molecule has 2 aromatic carbocycles. The van der Waals surface area contributed by atoms with Crippen LogP contribution in [0.2, 0.25) is 0 Å². The standard InChI is InChI=1S/C23H28FN3OS/c1-22(2,3)29(28)27-12-11-23(17-7-8-17,18-6-4-5-16(13-18)15-25)19-9-10-20(24)21(26)14-19/h4-6,9-10,13-14,17,27H,7-8,11-12,26H2,1-3H3/t23-,29?/m0/s1. The van der Waals surface area contributed by atoms with E-state index in [9.17, 15) is 14.2 Å². The van der Waals surface area contributed by atoms with Crippen molar-refractivity contribution in [3.63, 3.8) is 0 Å². The second-order valence-electron chi connectivity index (χ2n) is 8.70. The van der Waals surface area contributed by atoms with Crippen molar-refractivity contribution in [3.05, 3.63) is 65.0 Å². The summed E-state index contributed by atoms with van der Waals surface area (Å²) in [5, 5.41) is 9.40. The molecule has 0 spiro atoms. The summed E-state index contributed by atoms with van der Waals surface area (Å²) >= 11 is -1.18. The molecule has 0 saturated heterocycles. The molecule has 6 heteroatoms. The van der Waals surface area contributed by atoms with Crippen molar-refractivity contribution in [2.75, 3.05) is 12.3 Å². The number of nitriles is 1. The third kappa shape index (κ3) is 4.58. The number of hydrogen-bond acceptors (Lipinski definition) is 4. The molecule has 154 valence electrons. The number of anilines is 1. The first-order valence-corrected chi connectivity index (χ1v) is 11.0. The van der Waals surface area contributed by atoms with Gasteiger partial charge in [-0.25, -0.2) is 4.39 Å². The van der Waals surface area contributed by atoms with Gasteiger partial charge in [0.05, 0.1) is 17.3 Å². The van der Waals surface area contributed by atoms with Gasteiger partial charge in [-0.05, 0) is 81.3 Å². The molecule has 1 aliphatic rings. The fraction of sp³-hybridized carbons (Fsp3) is 0.435. The average molecular weight is 414 g/mol. The van der Waals surface area contributed by atoms with Gasteiger partial charge in [0.25, 0.3) is 0 Å². The zero-order chi connectivity index (χ0) is 21.2. The monoisotopic (exact) mass is 413 g/mol. The van der Waals surface area contributed by atoms with Crippen molar-refractivity contribution in [2.24, 2.45) is 5.92 Å². The Morgan fingerprint density at radius 3 is 2.48 bits per heavy atom. The molecule has 1 unspecified atom stereocenters. The SMILES string of the molecule is CC(C)(C)[S+]([O-])NCC[C@](c1cccc(C#N)c1)(c1ccc(F)c(N)c1)C1CC1. The van der Waals surface area contributed by atoms with Crippen LogP contribution in [0.4, 0.5) is 10.1 Å². The molecule has 2 aromatic rings. The first-order valence-electron chi connectivity index (χ1n) is 9.90. The molecule has 4 nitrogen and oxygen atoms in total. The van der Waals surface area contributed by atoms with Crippen LogP contribution in [0.25, 0.3) is 0 Å². The Morgan fingerprint density at radius 2 is 1.90 bits per heavy atom. The number of rotatable bonds is 7. The van der Waals surface area contributed by atoms with Crippen molar-refractivity contribution in [1.29, 1.82) is 5.26 Å². The largest absolute Gasteiger partial charge is 0.598 e. The lowest BCUT2D eigenvalue weighted by atomic mass is 9.68. The lowest BCUT2D eigenvalue weighted by molar-refractivity contribution is 0.410. The molecule has 0 amide bonds. The van der Waals surface area contributed by atoms with Gasteiger partial charge in [-0.1, -0.05) is 18.2 Å². The van der Waals surface area contributed by atoms with E-state index in [1.54, 1.807) is 18.2 Å². The number of halogens is 1. The highest BCUT2D eigenvalue weighted by Crippen LogP contribution is 2.54. The topological polar surface area (TPSA) is 84.9 Å². The Balaban J connectivity index is 2.03. The third-order valence-electron chi connectivity index (χ3n) is 5.60. The van der Waals surface area contributed by atoms with Crippen LogP contribution in [0, 0.1) is 23.1 Å². The number of benzene rings is 2. The maximum atomic E-state index is 13.9. The number of hydrogen-bond donors (Lipinski definition) is 2. The number of nitrogens with two attached hydrogens (primary N) is 1. The Kier molecular flexibility index (Phi) is 6.23. The summed E-state index contributed by atoms with van der Waals surface area (Å²) in [4.78, 5) is 0. The van der Waals surface area contributed by atoms with E-state index in [0.717, 1.165) is 24.0 Å². The van der Waals surface area contributed by atoms with Crippen LogP contribution in [0.5, 0.6) is 0 Å². The zero-order valence-electron chi connectivity index (χ0n) is 17.2. The van der Waals surface area contributed by atoms with Gasteiger partial charge in [0.15, 0.2) is 0 Å². The molecule has 1 saturated carbocycles. The minimum atomic E-state index is -1.18. The first-order chi connectivity index (χ1) is 13.7. The fourth-order valence-electron chi connectivity index (χ4n) is 3.95. The highest BCUT2D eigenvalue weighted by Gasteiger charge is 2.48. The molecule has 3 N–H and O–H groups in total. The van der Waals surface area contributed by atoms with E-state index in [2.05, 4.69) is 10.8 Å². The minimum Gasteiger partial charge on any atom is -0.598 e. The van der Waals surface area contributed by atoms with Gasteiger partial charge < -0.3 is 10.3 Å². The minimum absolute atomic E-state index is 0.121. The predicted octanol–water partition coefficient (Wildman–Crippen LogP) is 4.42. The van der Waals surface area contributed by atoms with Gasteiger partial charge in [0, 0.05) is 23.3 Å². The Labute approximate surface area is 175 Å². The summed E-state index contributed by atoms with van der Waals surface area (Å²) in [6, 6.07) is 14.8. The van der Waals surface area contributed by atoms with Crippen LogP contribution in [-0.4, -0.2) is 15.8 Å². The highest BCUT2D eigenvalue weighted by molar-refractivity contribution is 7.90. The molecule has 1 fully saturated rings. The van der Waals surface area contributed by atoms with E-state index in [1.807, 2.05) is 39.0 Å². The molecule has 1 aliphatic carbocycles. The van der Waals surface area contributed by atoms with Crippen LogP contribution in [-0.2, 0) is 16.8 Å². The zero-order valence-corrected chi connectivity index (χ0v) is 18.0. The quantitative estimate of drug-likeness (QED) is 0.520. The molecular formula is C23H28FN3OS. The van der Waals surface area contributed by atoms with E-state index in [0.29, 0.717) is 24.4 Å². The van der Waals surface area contributed by atoms with Crippen molar-refractivity contribution < 1.29 is 8.94 Å². The van der Waals surface area contributed by atoms with E-state index in [-0.39, 0.29) is 10.4 Å². The van der Waals surface area contributed by atoms with Crippen LogP contribution in [0.15, 0.2) is 42.5 Å². The van der Waals surface area contributed by atoms with Crippen molar-refractivity contribution in [3.8, 4) is 6.07 Å².